The molecule has 0 saturated heterocycles. The summed E-state index contributed by atoms with van der Waals surface area (Å²) in [6.07, 6.45) is 0.683. The number of fused-ring (bicyclic) bond motifs is 1. The molecule has 1 aliphatic rings. The van der Waals surface area contributed by atoms with Crippen molar-refractivity contribution in [1.29, 1.82) is 0 Å². The predicted octanol–water partition coefficient (Wildman–Crippen LogP) is 4.53. The van der Waals surface area contributed by atoms with E-state index in [1.54, 1.807) is 29.2 Å². The summed E-state index contributed by atoms with van der Waals surface area (Å²) >= 11 is 6.07. The Morgan fingerprint density at radius 1 is 1.25 bits per heavy atom. The number of nitrogens with zero attached hydrogens (tertiary/aromatic N) is 3. The third-order valence-corrected chi connectivity index (χ3v) is 5.65. The predicted molar refractivity (Wildman–Crippen MR) is 119 cm³/mol. The topological polar surface area (TPSA) is 68.6 Å². The van der Waals surface area contributed by atoms with Gasteiger partial charge in [-0.15, -0.1) is 0 Å². The molecule has 168 valence electrons. The standard InChI is InChI=1S/C23H24ClFN4O3/c1-28-21-8-9-29(23(30)26-19-11-16(24)6-7-22(19)31-2)12-18(21)20(27-28)14-32-13-15-4-3-5-17(25)10-15/h3-7,10-11H,8-9,12-14H2,1-2H3,(H,26,30). The van der Waals surface area contributed by atoms with Crippen LogP contribution >= 0.6 is 11.6 Å². The molecular weight excluding hydrogens is 435 g/mol. The monoisotopic (exact) mass is 458 g/mol. The summed E-state index contributed by atoms with van der Waals surface area (Å²) in [6.45, 7) is 1.53. The van der Waals surface area contributed by atoms with E-state index in [9.17, 15) is 9.18 Å². The summed E-state index contributed by atoms with van der Waals surface area (Å²) < 4.78 is 26.3. The summed E-state index contributed by atoms with van der Waals surface area (Å²) in [5, 5.41) is 7.97. The number of carbonyl (C=O) groups excluding carboxylic acids is 1. The largest absolute Gasteiger partial charge is 0.495 e. The van der Waals surface area contributed by atoms with Gasteiger partial charge in [0.15, 0.2) is 0 Å². The van der Waals surface area contributed by atoms with Crippen molar-refractivity contribution in [2.45, 2.75) is 26.2 Å². The van der Waals surface area contributed by atoms with E-state index >= 15 is 0 Å². The lowest BCUT2D eigenvalue weighted by Crippen LogP contribution is -2.39. The van der Waals surface area contributed by atoms with E-state index in [-0.39, 0.29) is 25.1 Å². The summed E-state index contributed by atoms with van der Waals surface area (Å²) in [5.74, 6) is 0.243. The summed E-state index contributed by atoms with van der Waals surface area (Å²) in [5.41, 5.74) is 4.11. The van der Waals surface area contributed by atoms with Crippen molar-refractivity contribution in [3.05, 3.63) is 75.8 Å². The zero-order valence-corrected chi connectivity index (χ0v) is 18.7. The molecule has 2 amide bonds. The van der Waals surface area contributed by atoms with Crippen molar-refractivity contribution in [3.63, 3.8) is 0 Å². The molecule has 0 fully saturated rings. The van der Waals surface area contributed by atoms with Crippen LogP contribution < -0.4 is 10.1 Å². The van der Waals surface area contributed by atoms with Gasteiger partial charge in [0.1, 0.15) is 11.6 Å². The molecule has 0 unspecified atom stereocenters. The Morgan fingerprint density at radius 3 is 2.88 bits per heavy atom. The number of hydrogen-bond donors (Lipinski definition) is 1. The van der Waals surface area contributed by atoms with Gasteiger partial charge in [0.05, 0.1) is 38.2 Å². The number of halogens is 2. The van der Waals surface area contributed by atoms with E-state index < -0.39 is 0 Å². The summed E-state index contributed by atoms with van der Waals surface area (Å²) in [4.78, 5) is 14.7. The van der Waals surface area contributed by atoms with E-state index in [1.165, 1.54) is 19.2 Å². The van der Waals surface area contributed by atoms with Gasteiger partial charge in [-0.3, -0.25) is 4.68 Å². The molecule has 2 aromatic carbocycles. The van der Waals surface area contributed by atoms with Crippen molar-refractivity contribution in [2.24, 2.45) is 7.05 Å². The van der Waals surface area contributed by atoms with Crippen molar-refractivity contribution < 1.29 is 18.7 Å². The van der Waals surface area contributed by atoms with Crippen LogP contribution in [0.25, 0.3) is 0 Å². The van der Waals surface area contributed by atoms with E-state index in [1.807, 2.05) is 17.8 Å². The number of urea groups is 1. The molecule has 1 aromatic heterocycles. The van der Waals surface area contributed by atoms with Crippen molar-refractivity contribution >= 4 is 23.3 Å². The normalized spacial score (nSPS) is 13.1. The minimum atomic E-state index is -0.292. The number of ether oxygens (including phenoxy) is 2. The minimum absolute atomic E-state index is 0.244. The molecule has 1 N–H and O–H groups in total. The fraction of sp³-hybridized carbons (Fsp3) is 0.304. The first kappa shape index (κ1) is 22.1. The van der Waals surface area contributed by atoms with Crippen LogP contribution in [0.15, 0.2) is 42.5 Å². The lowest BCUT2D eigenvalue weighted by molar-refractivity contribution is 0.103. The highest BCUT2D eigenvalue weighted by molar-refractivity contribution is 6.31. The molecule has 3 aromatic rings. The number of aryl methyl sites for hydroxylation is 1. The lowest BCUT2D eigenvalue weighted by atomic mass is 10.1. The molecule has 0 spiro atoms. The second-order valence-corrected chi connectivity index (χ2v) is 8.00. The highest BCUT2D eigenvalue weighted by Gasteiger charge is 2.27. The van der Waals surface area contributed by atoms with Gasteiger partial charge in [-0.25, -0.2) is 9.18 Å². The molecule has 2 heterocycles. The van der Waals surface area contributed by atoms with Gasteiger partial charge in [0.25, 0.3) is 0 Å². The number of rotatable bonds is 6. The van der Waals surface area contributed by atoms with E-state index in [0.29, 0.717) is 36.0 Å². The maximum Gasteiger partial charge on any atom is 0.322 e. The molecule has 9 heteroatoms. The first-order valence-electron chi connectivity index (χ1n) is 10.2. The van der Waals surface area contributed by atoms with Gasteiger partial charge in [0.2, 0.25) is 0 Å². The number of amides is 2. The minimum Gasteiger partial charge on any atom is -0.495 e. The maximum atomic E-state index is 13.4. The summed E-state index contributed by atoms with van der Waals surface area (Å²) in [6, 6.07) is 11.1. The van der Waals surface area contributed by atoms with Crippen LogP contribution in [0.5, 0.6) is 5.75 Å². The van der Waals surface area contributed by atoms with Gasteiger partial charge in [-0.1, -0.05) is 23.7 Å². The third kappa shape index (κ3) is 4.87. The van der Waals surface area contributed by atoms with Crippen LogP contribution in [-0.2, 0) is 38.0 Å². The molecule has 0 aliphatic carbocycles. The molecule has 0 saturated carbocycles. The number of methoxy groups -OCH3 is 1. The van der Waals surface area contributed by atoms with Crippen molar-refractivity contribution in [2.75, 3.05) is 19.0 Å². The van der Waals surface area contributed by atoms with Crippen LogP contribution in [0, 0.1) is 5.82 Å². The Morgan fingerprint density at radius 2 is 2.09 bits per heavy atom. The molecule has 4 rings (SSSR count). The third-order valence-electron chi connectivity index (χ3n) is 5.41. The highest BCUT2D eigenvalue weighted by Crippen LogP contribution is 2.29. The number of benzene rings is 2. The SMILES string of the molecule is COc1ccc(Cl)cc1NC(=O)N1CCc2c(c(COCc3cccc(F)c3)nn2C)C1. The fourth-order valence-electron chi connectivity index (χ4n) is 3.82. The Labute approximate surface area is 190 Å². The van der Waals surface area contributed by atoms with Gasteiger partial charge < -0.3 is 19.7 Å². The number of anilines is 1. The van der Waals surface area contributed by atoms with E-state index in [0.717, 1.165) is 22.5 Å². The highest BCUT2D eigenvalue weighted by atomic mass is 35.5. The maximum absolute atomic E-state index is 13.4. The smallest absolute Gasteiger partial charge is 0.322 e. The van der Waals surface area contributed by atoms with Crippen LogP contribution in [0.2, 0.25) is 5.02 Å². The second kappa shape index (κ2) is 9.58. The summed E-state index contributed by atoms with van der Waals surface area (Å²) in [7, 11) is 3.43. The van der Waals surface area contributed by atoms with Crippen molar-refractivity contribution in [3.8, 4) is 5.75 Å². The van der Waals surface area contributed by atoms with Crippen LogP contribution in [0.1, 0.15) is 22.5 Å². The van der Waals surface area contributed by atoms with Crippen LogP contribution in [0.3, 0.4) is 0 Å². The molecule has 0 atom stereocenters. The lowest BCUT2D eigenvalue weighted by Gasteiger charge is -2.28. The molecule has 1 aliphatic heterocycles. The quantitative estimate of drug-likeness (QED) is 0.589. The van der Waals surface area contributed by atoms with E-state index in [4.69, 9.17) is 21.1 Å². The molecule has 0 bridgehead atoms. The zero-order valence-electron chi connectivity index (χ0n) is 17.9. The van der Waals surface area contributed by atoms with Crippen LogP contribution in [-0.4, -0.2) is 34.4 Å². The average Bonchev–Trinajstić information content (AvgIpc) is 3.09. The second-order valence-electron chi connectivity index (χ2n) is 7.56. The first-order chi connectivity index (χ1) is 15.4. The zero-order chi connectivity index (χ0) is 22.7. The van der Waals surface area contributed by atoms with Gasteiger partial charge in [-0.05, 0) is 35.9 Å². The Hall–Kier alpha value is -3.10. The number of nitrogens with one attached hydrogen (secondary N) is 1. The van der Waals surface area contributed by atoms with Gasteiger partial charge in [-0.2, -0.15) is 5.10 Å². The Kier molecular flexibility index (Phi) is 6.62. The average molecular weight is 459 g/mol. The Balaban J connectivity index is 1.43. The molecule has 7 nitrogen and oxygen atoms in total. The van der Waals surface area contributed by atoms with Crippen LogP contribution in [0.4, 0.5) is 14.9 Å². The first-order valence-corrected chi connectivity index (χ1v) is 10.6. The molecule has 32 heavy (non-hydrogen) atoms. The number of carbonyl (C=O) groups is 1. The molecular formula is C23H24ClFN4O3. The van der Waals surface area contributed by atoms with Gasteiger partial charge in [0, 0.05) is 36.3 Å². The van der Waals surface area contributed by atoms with E-state index in [2.05, 4.69) is 10.4 Å². The Bertz CT molecular complexity index is 1130. The number of aromatic nitrogens is 2. The fourth-order valence-corrected chi connectivity index (χ4v) is 4.00. The van der Waals surface area contributed by atoms with Gasteiger partial charge >= 0.3 is 6.03 Å². The molecule has 0 radical (unpaired) electrons. The number of hydrogen-bond acceptors (Lipinski definition) is 4. The van der Waals surface area contributed by atoms with Crippen molar-refractivity contribution in [1.82, 2.24) is 14.7 Å².